The molecule has 20 heavy (non-hydrogen) atoms. The van der Waals surface area contributed by atoms with Crippen LogP contribution in [0.3, 0.4) is 0 Å². The fourth-order valence-electron chi connectivity index (χ4n) is 4.03. The molecule has 0 saturated heterocycles. The Morgan fingerprint density at radius 2 is 0.600 bits per heavy atom. The lowest BCUT2D eigenvalue weighted by Gasteiger charge is -2.54. The van der Waals surface area contributed by atoms with Crippen molar-refractivity contribution < 1.29 is 0 Å². The Morgan fingerprint density at radius 1 is 0.400 bits per heavy atom. The van der Waals surface area contributed by atoms with Crippen LogP contribution in [-0.4, -0.2) is 0 Å². The molecule has 0 nitrogen and oxygen atoms in total. The first kappa shape index (κ1) is 20.0. The smallest absolute Gasteiger partial charge is 0.0234 e. The van der Waals surface area contributed by atoms with Gasteiger partial charge in [0, 0.05) is 0 Å². The van der Waals surface area contributed by atoms with E-state index in [4.69, 9.17) is 0 Å². The molecule has 0 aromatic heterocycles. The van der Waals surface area contributed by atoms with Crippen LogP contribution in [0.15, 0.2) is 0 Å². The van der Waals surface area contributed by atoms with Gasteiger partial charge in [-0.3, -0.25) is 0 Å². The first-order chi connectivity index (χ1) is 8.37. The van der Waals surface area contributed by atoms with Crippen LogP contribution in [0.1, 0.15) is 102 Å². The van der Waals surface area contributed by atoms with Crippen molar-refractivity contribution >= 4 is 0 Å². The van der Waals surface area contributed by atoms with Gasteiger partial charge in [-0.15, -0.1) is 0 Å². The van der Waals surface area contributed by atoms with Gasteiger partial charge < -0.3 is 0 Å². The van der Waals surface area contributed by atoms with Crippen LogP contribution in [0.5, 0.6) is 0 Å². The molecule has 0 rings (SSSR count). The van der Waals surface area contributed by atoms with E-state index in [0.717, 1.165) is 0 Å². The molecule has 0 atom stereocenters. The minimum Gasteiger partial charge on any atom is -0.0602 e. The summed E-state index contributed by atoms with van der Waals surface area (Å²) < 4.78 is 0. The van der Waals surface area contributed by atoms with Crippen LogP contribution < -0.4 is 0 Å². The molecule has 0 saturated carbocycles. The second-order valence-electron chi connectivity index (χ2n) is 11.7. The molecule has 0 aromatic carbocycles. The van der Waals surface area contributed by atoms with Gasteiger partial charge in [-0.05, 0) is 46.3 Å². The predicted molar refractivity (Wildman–Crippen MR) is 94.1 cm³/mol. The Labute approximate surface area is 130 Å². The van der Waals surface area contributed by atoms with Crippen LogP contribution in [0.2, 0.25) is 0 Å². The van der Waals surface area contributed by atoms with Crippen molar-refractivity contribution in [2.24, 2.45) is 27.1 Å². The maximum atomic E-state index is 2.45. The van der Waals surface area contributed by atoms with E-state index in [9.17, 15) is 0 Å². The second-order valence-corrected chi connectivity index (χ2v) is 11.7. The second kappa shape index (κ2) is 5.65. The van der Waals surface area contributed by atoms with Crippen molar-refractivity contribution in [2.75, 3.05) is 0 Å². The van der Waals surface area contributed by atoms with Gasteiger partial charge in [0.2, 0.25) is 0 Å². The molecule has 0 spiro atoms. The Bertz CT molecular complexity index is 252. The Morgan fingerprint density at radius 3 is 0.700 bits per heavy atom. The molecule has 0 bridgehead atoms. The van der Waals surface area contributed by atoms with Crippen molar-refractivity contribution in [3.05, 3.63) is 0 Å². The predicted octanol–water partition coefficient (Wildman–Crippen LogP) is 7.33. The van der Waals surface area contributed by atoms with E-state index >= 15 is 0 Å². The van der Waals surface area contributed by atoms with E-state index < -0.39 is 0 Å². The first-order valence-corrected chi connectivity index (χ1v) is 8.37. The van der Waals surface area contributed by atoms with E-state index in [1.807, 2.05) is 0 Å². The molecule has 0 N–H and O–H groups in total. The topological polar surface area (TPSA) is 0 Å². The van der Waals surface area contributed by atoms with Crippen molar-refractivity contribution in [3.8, 4) is 0 Å². The largest absolute Gasteiger partial charge is 0.0602 e. The molecule has 0 fully saturated rings. The average Bonchev–Trinajstić information content (AvgIpc) is 1.88. The minimum atomic E-state index is 0.334. The lowest BCUT2D eigenvalue weighted by Crippen LogP contribution is -2.44. The highest BCUT2D eigenvalue weighted by molar-refractivity contribution is 4.97. The zero-order chi connectivity index (χ0) is 16.6. The molecule has 0 aliphatic carbocycles. The van der Waals surface area contributed by atoms with E-state index in [1.165, 1.54) is 19.3 Å². The van der Waals surface area contributed by atoms with E-state index in [0.29, 0.717) is 27.1 Å². The third-order valence-corrected chi connectivity index (χ3v) is 4.20. The highest BCUT2D eigenvalue weighted by Gasteiger charge is 2.47. The molecular weight excluding hydrogens is 240 g/mol. The Balaban J connectivity index is 5.78. The standard InChI is InChI=1S/C20H42/c1-16(2,3)13-20(19(10,11)12,14-17(4,5)6)15-18(7,8)9/h13-15H2,1-12H3. The minimum absolute atomic E-state index is 0.334. The van der Waals surface area contributed by atoms with Crippen molar-refractivity contribution in [1.82, 2.24) is 0 Å². The number of hydrogen-bond acceptors (Lipinski definition) is 0. The Kier molecular flexibility index (Phi) is 5.65. The summed E-state index contributed by atoms with van der Waals surface area (Å²) in [5, 5.41) is 0. The molecule has 0 aliphatic heterocycles. The SMILES string of the molecule is CC(C)(C)CC(CC(C)(C)C)(CC(C)(C)C)C(C)(C)C. The quantitative estimate of drug-likeness (QED) is 0.508. The highest BCUT2D eigenvalue weighted by atomic mass is 14.5. The summed E-state index contributed by atoms with van der Waals surface area (Å²) in [6.45, 7) is 29.0. The molecule has 122 valence electrons. The fourth-order valence-corrected chi connectivity index (χ4v) is 4.03. The molecule has 0 radical (unpaired) electrons. The average molecular weight is 283 g/mol. The van der Waals surface area contributed by atoms with Gasteiger partial charge in [-0.2, -0.15) is 0 Å². The van der Waals surface area contributed by atoms with Crippen LogP contribution in [0, 0.1) is 27.1 Å². The summed E-state index contributed by atoms with van der Waals surface area (Å²) in [6.07, 6.45) is 3.91. The summed E-state index contributed by atoms with van der Waals surface area (Å²) in [6, 6.07) is 0. The molecule has 0 amide bonds. The number of hydrogen-bond donors (Lipinski definition) is 0. The zero-order valence-electron chi connectivity index (χ0n) is 16.6. The van der Waals surface area contributed by atoms with Crippen LogP contribution in [0.4, 0.5) is 0 Å². The zero-order valence-corrected chi connectivity index (χ0v) is 16.6. The van der Waals surface area contributed by atoms with Gasteiger partial charge in [-0.25, -0.2) is 0 Å². The monoisotopic (exact) mass is 282 g/mol. The van der Waals surface area contributed by atoms with Gasteiger partial charge in [0.1, 0.15) is 0 Å². The lowest BCUT2D eigenvalue weighted by molar-refractivity contribution is -0.0371. The summed E-state index contributed by atoms with van der Waals surface area (Å²) in [5.41, 5.74) is 1.86. The molecule has 0 heteroatoms. The highest BCUT2D eigenvalue weighted by Crippen LogP contribution is 2.57. The summed E-state index contributed by atoms with van der Waals surface area (Å²) >= 11 is 0. The molecule has 0 aromatic rings. The first-order valence-electron chi connectivity index (χ1n) is 8.37. The van der Waals surface area contributed by atoms with Gasteiger partial charge >= 0.3 is 0 Å². The number of rotatable bonds is 3. The summed E-state index contributed by atoms with van der Waals surface area (Å²) in [7, 11) is 0. The van der Waals surface area contributed by atoms with Gasteiger partial charge in [0.05, 0.1) is 0 Å². The van der Waals surface area contributed by atoms with E-state index in [2.05, 4.69) is 83.1 Å². The van der Waals surface area contributed by atoms with Crippen LogP contribution >= 0.6 is 0 Å². The van der Waals surface area contributed by atoms with Gasteiger partial charge in [0.25, 0.3) is 0 Å². The van der Waals surface area contributed by atoms with Crippen molar-refractivity contribution in [3.63, 3.8) is 0 Å². The third kappa shape index (κ3) is 7.14. The van der Waals surface area contributed by atoms with Crippen LogP contribution in [-0.2, 0) is 0 Å². The third-order valence-electron chi connectivity index (χ3n) is 4.20. The molecule has 0 heterocycles. The maximum absolute atomic E-state index is 2.45. The summed E-state index contributed by atoms with van der Waals surface area (Å²) in [4.78, 5) is 0. The molecular formula is C20H42. The fraction of sp³-hybridized carbons (Fsp3) is 1.00. The molecule has 0 unspecified atom stereocenters. The summed E-state index contributed by atoms with van der Waals surface area (Å²) in [5.74, 6) is 0. The van der Waals surface area contributed by atoms with Crippen LogP contribution in [0.25, 0.3) is 0 Å². The normalized spacial score (nSPS) is 15.6. The maximum Gasteiger partial charge on any atom is -0.0234 e. The van der Waals surface area contributed by atoms with Gasteiger partial charge in [0.15, 0.2) is 0 Å². The Hall–Kier alpha value is 0. The van der Waals surface area contributed by atoms with E-state index in [-0.39, 0.29) is 0 Å². The van der Waals surface area contributed by atoms with Crippen molar-refractivity contribution in [2.45, 2.75) is 102 Å². The van der Waals surface area contributed by atoms with Gasteiger partial charge in [-0.1, -0.05) is 83.1 Å². The van der Waals surface area contributed by atoms with Crippen molar-refractivity contribution in [1.29, 1.82) is 0 Å². The lowest BCUT2D eigenvalue weighted by atomic mass is 9.51. The van der Waals surface area contributed by atoms with E-state index in [1.54, 1.807) is 0 Å². The molecule has 0 aliphatic rings.